The molecule has 1 N–H and O–H groups in total. The fourth-order valence-electron chi connectivity index (χ4n) is 1.89. The molecule has 0 unspecified atom stereocenters. The Morgan fingerprint density at radius 3 is 2.59 bits per heavy atom. The summed E-state index contributed by atoms with van der Waals surface area (Å²) < 4.78 is 0. The average Bonchev–Trinajstić information content (AvgIpc) is 2.37. The van der Waals surface area contributed by atoms with Gasteiger partial charge in [0.2, 0.25) is 0 Å². The van der Waals surface area contributed by atoms with Crippen molar-refractivity contribution < 1.29 is 0 Å². The van der Waals surface area contributed by atoms with E-state index in [1.165, 1.54) is 10.8 Å². The maximum Gasteiger partial charge on any atom is 0.158 e. The first-order chi connectivity index (χ1) is 8.24. The van der Waals surface area contributed by atoms with Gasteiger partial charge in [0.25, 0.3) is 0 Å². The number of hydrogen-bond donors (Lipinski definition) is 1. The van der Waals surface area contributed by atoms with Gasteiger partial charge in [0.15, 0.2) is 5.82 Å². The minimum absolute atomic E-state index is 0.915. The van der Waals surface area contributed by atoms with Crippen molar-refractivity contribution >= 4 is 16.6 Å². The molecular formula is C13H18N4. The van der Waals surface area contributed by atoms with Crippen LogP contribution in [-0.4, -0.2) is 37.4 Å². The van der Waals surface area contributed by atoms with E-state index in [1.807, 2.05) is 33.2 Å². The molecule has 0 amide bonds. The summed E-state index contributed by atoms with van der Waals surface area (Å²) >= 11 is 0. The summed E-state index contributed by atoms with van der Waals surface area (Å²) in [6.45, 7) is 3.84. The lowest BCUT2D eigenvalue weighted by atomic mass is 10.1. The molecular weight excluding hydrogens is 212 g/mol. The first-order valence-electron chi connectivity index (χ1n) is 5.82. The van der Waals surface area contributed by atoms with Gasteiger partial charge in [-0.25, -0.2) is 0 Å². The molecule has 0 spiro atoms. The van der Waals surface area contributed by atoms with E-state index >= 15 is 0 Å². The van der Waals surface area contributed by atoms with Crippen molar-refractivity contribution in [3.63, 3.8) is 0 Å². The van der Waals surface area contributed by atoms with Crippen LogP contribution in [0, 0.1) is 6.92 Å². The van der Waals surface area contributed by atoms with Crippen LogP contribution in [0.4, 0.5) is 5.82 Å². The molecule has 0 radical (unpaired) electrons. The van der Waals surface area contributed by atoms with Crippen LogP contribution in [0.3, 0.4) is 0 Å². The molecule has 2 aromatic rings. The quantitative estimate of drug-likeness (QED) is 0.866. The zero-order valence-corrected chi connectivity index (χ0v) is 10.6. The van der Waals surface area contributed by atoms with Crippen LogP contribution in [0.1, 0.15) is 5.69 Å². The maximum absolute atomic E-state index is 4.31. The fraction of sp³-hybridized carbons (Fsp3) is 0.385. The lowest BCUT2D eigenvalue weighted by Gasteiger charge is -2.19. The Bertz CT molecular complexity index is 510. The summed E-state index contributed by atoms with van der Waals surface area (Å²) in [5.74, 6) is 0.946. The lowest BCUT2D eigenvalue weighted by Crippen LogP contribution is -2.28. The summed E-state index contributed by atoms with van der Waals surface area (Å²) in [5.41, 5.74) is 0.978. The van der Waals surface area contributed by atoms with Crippen molar-refractivity contribution in [2.45, 2.75) is 6.92 Å². The molecule has 1 aromatic heterocycles. The molecule has 0 saturated carbocycles. The molecule has 1 aromatic carbocycles. The van der Waals surface area contributed by atoms with E-state index in [0.717, 1.165) is 24.6 Å². The minimum Gasteiger partial charge on any atom is -0.356 e. The van der Waals surface area contributed by atoms with Gasteiger partial charge in [0.1, 0.15) is 0 Å². The van der Waals surface area contributed by atoms with Crippen molar-refractivity contribution in [1.29, 1.82) is 0 Å². The van der Waals surface area contributed by atoms with Gasteiger partial charge in [-0.15, -0.1) is 5.10 Å². The van der Waals surface area contributed by atoms with Crippen LogP contribution in [0.25, 0.3) is 10.8 Å². The van der Waals surface area contributed by atoms with Crippen LogP contribution >= 0.6 is 0 Å². The second kappa shape index (κ2) is 5.10. The molecule has 0 aliphatic rings. The largest absolute Gasteiger partial charge is 0.356 e. The van der Waals surface area contributed by atoms with Crippen LogP contribution in [-0.2, 0) is 0 Å². The highest BCUT2D eigenvalue weighted by molar-refractivity contribution is 5.93. The van der Waals surface area contributed by atoms with Crippen LogP contribution < -0.4 is 10.2 Å². The van der Waals surface area contributed by atoms with Crippen molar-refractivity contribution in [2.75, 3.05) is 32.1 Å². The Hall–Kier alpha value is -1.68. The first-order valence-corrected chi connectivity index (χ1v) is 5.82. The molecule has 0 fully saturated rings. The highest BCUT2D eigenvalue weighted by Gasteiger charge is 2.09. The van der Waals surface area contributed by atoms with Gasteiger partial charge in [-0.1, -0.05) is 24.3 Å². The van der Waals surface area contributed by atoms with Gasteiger partial charge in [0, 0.05) is 30.9 Å². The van der Waals surface area contributed by atoms with E-state index in [-0.39, 0.29) is 0 Å². The van der Waals surface area contributed by atoms with E-state index in [1.54, 1.807) is 0 Å². The molecule has 2 rings (SSSR count). The van der Waals surface area contributed by atoms with E-state index < -0.39 is 0 Å². The molecule has 4 nitrogen and oxygen atoms in total. The first kappa shape index (κ1) is 11.8. The number of benzene rings is 1. The number of rotatable bonds is 4. The molecule has 0 bridgehead atoms. The second-order valence-electron chi connectivity index (χ2n) is 4.18. The Balaban J connectivity index is 2.44. The molecule has 4 heteroatoms. The Labute approximate surface area is 102 Å². The number of aryl methyl sites for hydroxylation is 1. The molecule has 0 aliphatic carbocycles. The summed E-state index contributed by atoms with van der Waals surface area (Å²) in [4.78, 5) is 2.13. The molecule has 1 heterocycles. The highest BCUT2D eigenvalue weighted by Crippen LogP contribution is 2.24. The zero-order valence-electron chi connectivity index (χ0n) is 10.6. The number of fused-ring (bicyclic) bond motifs is 1. The minimum atomic E-state index is 0.915. The van der Waals surface area contributed by atoms with Crippen LogP contribution in [0.2, 0.25) is 0 Å². The van der Waals surface area contributed by atoms with Crippen molar-refractivity contribution in [3.8, 4) is 0 Å². The predicted molar refractivity (Wildman–Crippen MR) is 71.5 cm³/mol. The molecule has 0 aliphatic heterocycles. The van der Waals surface area contributed by atoms with Gasteiger partial charge in [-0.05, 0) is 14.0 Å². The normalized spacial score (nSPS) is 10.8. The van der Waals surface area contributed by atoms with E-state index in [9.17, 15) is 0 Å². The van der Waals surface area contributed by atoms with Crippen LogP contribution in [0.15, 0.2) is 24.3 Å². The Morgan fingerprint density at radius 1 is 1.18 bits per heavy atom. The van der Waals surface area contributed by atoms with Gasteiger partial charge >= 0.3 is 0 Å². The number of aromatic nitrogens is 2. The fourth-order valence-corrected chi connectivity index (χ4v) is 1.89. The second-order valence-corrected chi connectivity index (χ2v) is 4.18. The Morgan fingerprint density at radius 2 is 1.88 bits per heavy atom. The van der Waals surface area contributed by atoms with Crippen LogP contribution in [0.5, 0.6) is 0 Å². The van der Waals surface area contributed by atoms with E-state index in [4.69, 9.17) is 0 Å². The third-order valence-electron chi connectivity index (χ3n) is 2.91. The van der Waals surface area contributed by atoms with Gasteiger partial charge < -0.3 is 10.2 Å². The summed E-state index contributed by atoms with van der Waals surface area (Å²) in [6.07, 6.45) is 0. The van der Waals surface area contributed by atoms with Gasteiger partial charge in [0.05, 0.1) is 5.69 Å². The Kier molecular flexibility index (Phi) is 3.54. The number of hydrogen-bond acceptors (Lipinski definition) is 4. The standard InChI is InChI=1S/C13H18N4/c1-10-11-6-4-5-7-12(11)13(16-15-10)17(3)9-8-14-2/h4-7,14H,8-9H2,1-3H3. The van der Waals surface area contributed by atoms with Crippen molar-refractivity contribution in [3.05, 3.63) is 30.0 Å². The third-order valence-corrected chi connectivity index (χ3v) is 2.91. The van der Waals surface area contributed by atoms with Crippen molar-refractivity contribution in [1.82, 2.24) is 15.5 Å². The van der Waals surface area contributed by atoms with E-state index in [2.05, 4.69) is 32.5 Å². The third kappa shape index (κ3) is 2.36. The topological polar surface area (TPSA) is 41.0 Å². The maximum atomic E-state index is 4.31. The van der Waals surface area contributed by atoms with E-state index in [0.29, 0.717) is 0 Å². The monoisotopic (exact) mass is 230 g/mol. The lowest BCUT2D eigenvalue weighted by molar-refractivity contribution is 0.757. The number of nitrogens with zero attached hydrogens (tertiary/aromatic N) is 3. The molecule has 17 heavy (non-hydrogen) atoms. The van der Waals surface area contributed by atoms with Gasteiger partial charge in [-0.2, -0.15) is 5.10 Å². The smallest absolute Gasteiger partial charge is 0.158 e. The number of likely N-dealkylation sites (N-methyl/N-ethyl adjacent to an activating group) is 2. The molecule has 0 atom stereocenters. The van der Waals surface area contributed by atoms with Crippen molar-refractivity contribution in [2.24, 2.45) is 0 Å². The number of nitrogens with one attached hydrogen (secondary N) is 1. The SMILES string of the molecule is CNCCN(C)c1nnc(C)c2ccccc12. The molecule has 90 valence electrons. The summed E-state index contributed by atoms with van der Waals surface area (Å²) in [6, 6.07) is 8.27. The summed E-state index contributed by atoms with van der Waals surface area (Å²) in [5, 5.41) is 14.0. The van der Waals surface area contributed by atoms with Gasteiger partial charge in [-0.3, -0.25) is 0 Å². The zero-order chi connectivity index (χ0) is 12.3. The molecule has 0 saturated heterocycles. The highest BCUT2D eigenvalue weighted by atomic mass is 15.3. The summed E-state index contributed by atoms with van der Waals surface area (Å²) in [7, 11) is 4.00. The number of anilines is 1. The predicted octanol–water partition coefficient (Wildman–Crippen LogP) is 1.59. The average molecular weight is 230 g/mol.